The summed E-state index contributed by atoms with van der Waals surface area (Å²) in [4.78, 5) is 12.2. The van der Waals surface area contributed by atoms with Gasteiger partial charge in [-0.05, 0) is 25.0 Å². The normalized spacial score (nSPS) is 16.2. The van der Waals surface area contributed by atoms with Gasteiger partial charge in [-0.3, -0.25) is 0 Å². The lowest BCUT2D eigenvalue weighted by Gasteiger charge is -2.20. The summed E-state index contributed by atoms with van der Waals surface area (Å²) in [6.07, 6.45) is 7.91. The Labute approximate surface area is 127 Å². The fourth-order valence-corrected chi connectivity index (χ4v) is 3.16. The van der Waals surface area contributed by atoms with Crippen LogP contribution < -0.4 is 5.63 Å². The molecule has 0 radical (unpaired) electrons. The zero-order valence-electron chi connectivity index (χ0n) is 12.2. The average molecular weight is 295 g/mol. The molecule has 0 bridgehead atoms. The first-order chi connectivity index (χ1) is 10.8. The second-order valence-corrected chi connectivity index (χ2v) is 5.86. The lowest BCUT2D eigenvalue weighted by atomic mass is 9.96. The molecule has 0 aliphatic heterocycles. The predicted octanol–water partition coefficient (Wildman–Crippen LogP) is 3.56. The number of para-hydroxylation sites is 1. The van der Waals surface area contributed by atoms with E-state index in [2.05, 4.69) is 10.3 Å². The third-order valence-electron chi connectivity index (χ3n) is 4.38. The molecular weight excluding hydrogens is 278 g/mol. The molecule has 0 unspecified atom stereocenters. The van der Waals surface area contributed by atoms with Crippen LogP contribution in [0.2, 0.25) is 0 Å². The van der Waals surface area contributed by atoms with E-state index in [0.717, 1.165) is 18.2 Å². The summed E-state index contributed by atoms with van der Waals surface area (Å²) < 4.78 is 7.28. The van der Waals surface area contributed by atoms with Crippen molar-refractivity contribution in [1.29, 1.82) is 0 Å². The molecular formula is C17H17N3O2. The summed E-state index contributed by atoms with van der Waals surface area (Å²) in [5.41, 5.74) is 1.29. The Balaban J connectivity index is 1.74. The molecule has 22 heavy (non-hydrogen) atoms. The van der Waals surface area contributed by atoms with Crippen LogP contribution in [0.1, 0.15) is 38.1 Å². The van der Waals surface area contributed by atoms with Gasteiger partial charge in [0.25, 0.3) is 0 Å². The Kier molecular flexibility index (Phi) is 3.25. The summed E-state index contributed by atoms with van der Waals surface area (Å²) in [6.45, 7) is 0. The number of fused-ring (bicyclic) bond motifs is 1. The summed E-state index contributed by atoms with van der Waals surface area (Å²) in [5, 5.41) is 9.30. The Morgan fingerprint density at radius 1 is 1.14 bits per heavy atom. The number of nitrogens with zero attached hydrogens (tertiary/aromatic N) is 3. The van der Waals surface area contributed by atoms with Gasteiger partial charge in [0.05, 0.1) is 17.8 Å². The Hall–Kier alpha value is -2.43. The van der Waals surface area contributed by atoms with Gasteiger partial charge in [-0.15, -0.1) is 5.10 Å². The average Bonchev–Trinajstić information content (AvgIpc) is 3.05. The lowest BCUT2D eigenvalue weighted by Crippen LogP contribution is -2.13. The SMILES string of the molecule is O=c1oc2ccccc2cc1-c1cn(C2CCCCC2)nn1. The number of hydrogen-bond acceptors (Lipinski definition) is 4. The van der Waals surface area contributed by atoms with E-state index < -0.39 is 0 Å². The van der Waals surface area contributed by atoms with Crippen molar-refractivity contribution < 1.29 is 4.42 Å². The van der Waals surface area contributed by atoms with Gasteiger partial charge >= 0.3 is 5.63 Å². The van der Waals surface area contributed by atoms with Gasteiger partial charge in [0.15, 0.2) is 0 Å². The lowest BCUT2D eigenvalue weighted by molar-refractivity contribution is 0.324. The van der Waals surface area contributed by atoms with Crippen molar-refractivity contribution in [3.05, 3.63) is 46.9 Å². The van der Waals surface area contributed by atoms with Crippen molar-refractivity contribution in [2.75, 3.05) is 0 Å². The van der Waals surface area contributed by atoms with Gasteiger partial charge in [0, 0.05) is 5.39 Å². The molecule has 0 amide bonds. The molecule has 0 spiro atoms. The van der Waals surface area contributed by atoms with Crippen LogP contribution in [0.3, 0.4) is 0 Å². The second kappa shape index (κ2) is 5.40. The molecule has 3 aromatic rings. The maximum absolute atomic E-state index is 12.2. The van der Waals surface area contributed by atoms with Crippen molar-refractivity contribution in [2.45, 2.75) is 38.1 Å². The molecule has 1 fully saturated rings. The van der Waals surface area contributed by atoms with Crippen LogP contribution in [-0.2, 0) is 0 Å². The maximum Gasteiger partial charge on any atom is 0.345 e. The van der Waals surface area contributed by atoms with Crippen LogP contribution in [0, 0.1) is 0 Å². The van der Waals surface area contributed by atoms with Crippen molar-refractivity contribution in [1.82, 2.24) is 15.0 Å². The summed E-state index contributed by atoms with van der Waals surface area (Å²) in [7, 11) is 0. The molecule has 0 atom stereocenters. The quantitative estimate of drug-likeness (QED) is 0.678. The summed E-state index contributed by atoms with van der Waals surface area (Å²) in [6, 6.07) is 9.72. The van der Waals surface area contributed by atoms with Crippen molar-refractivity contribution >= 4 is 11.0 Å². The molecule has 1 aromatic carbocycles. The van der Waals surface area contributed by atoms with Gasteiger partial charge in [-0.25, -0.2) is 9.48 Å². The fraction of sp³-hybridized carbons (Fsp3) is 0.353. The number of hydrogen-bond donors (Lipinski definition) is 0. The van der Waals surface area contributed by atoms with E-state index in [4.69, 9.17) is 4.42 Å². The van der Waals surface area contributed by atoms with Crippen molar-refractivity contribution in [2.24, 2.45) is 0 Å². The molecule has 4 rings (SSSR count). The molecule has 0 N–H and O–H groups in total. The zero-order valence-corrected chi connectivity index (χ0v) is 12.2. The second-order valence-electron chi connectivity index (χ2n) is 5.86. The number of benzene rings is 1. The Morgan fingerprint density at radius 2 is 1.95 bits per heavy atom. The predicted molar refractivity (Wildman–Crippen MR) is 83.6 cm³/mol. The smallest absolute Gasteiger partial charge is 0.345 e. The van der Waals surface area contributed by atoms with Crippen molar-refractivity contribution in [3.63, 3.8) is 0 Å². The maximum atomic E-state index is 12.2. The molecule has 1 aliphatic rings. The van der Waals surface area contributed by atoms with E-state index in [-0.39, 0.29) is 5.63 Å². The van der Waals surface area contributed by atoms with Gasteiger partial charge < -0.3 is 4.42 Å². The monoisotopic (exact) mass is 295 g/mol. The van der Waals surface area contributed by atoms with E-state index in [1.165, 1.54) is 19.3 Å². The van der Waals surface area contributed by atoms with E-state index in [1.807, 2.05) is 35.1 Å². The highest BCUT2D eigenvalue weighted by molar-refractivity contribution is 5.80. The molecule has 1 saturated carbocycles. The largest absolute Gasteiger partial charge is 0.422 e. The standard InChI is InChI=1S/C17H17N3O2/c21-17-14(10-12-6-4-5-9-16(12)22-17)15-11-20(19-18-15)13-7-2-1-3-8-13/h4-6,9-11,13H,1-3,7-8H2. The highest BCUT2D eigenvalue weighted by Crippen LogP contribution is 2.28. The fourth-order valence-electron chi connectivity index (χ4n) is 3.16. The molecule has 0 saturated heterocycles. The van der Waals surface area contributed by atoms with Crippen LogP contribution in [0.15, 0.2) is 45.7 Å². The van der Waals surface area contributed by atoms with Gasteiger partial charge in [-0.1, -0.05) is 42.7 Å². The van der Waals surface area contributed by atoms with Crippen molar-refractivity contribution in [3.8, 4) is 11.3 Å². The van der Waals surface area contributed by atoms with Gasteiger partial charge in [0.1, 0.15) is 11.3 Å². The number of aromatic nitrogens is 3. The third kappa shape index (κ3) is 2.32. The van der Waals surface area contributed by atoms with E-state index in [0.29, 0.717) is 22.9 Å². The van der Waals surface area contributed by atoms with Crippen LogP contribution in [-0.4, -0.2) is 15.0 Å². The van der Waals surface area contributed by atoms with E-state index >= 15 is 0 Å². The van der Waals surface area contributed by atoms with E-state index in [9.17, 15) is 4.79 Å². The minimum Gasteiger partial charge on any atom is -0.422 e. The van der Waals surface area contributed by atoms with Crippen LogP contribution in [0.25, 0.3) is 22.2 Å². The van der Waals surface area contributed by atoms with Crippen LogP contribution in [0.5, 0.6) is 0 Å². The zero-order chi connectivity index (χ0) is 14.9. The first-order valence-corrected chi connectivity index (χ1v) is 7.76. The molecule has 5 nitrogen and oxygen atoms in total. The molecule has 2 aromatic heterocycles. The minimum atomic E-state index is -0.366. The highest BCUT2D eigenvalue weighted by Gasteiger charge is 2.18. The van der Waals surface area contributed by atoms with Crippen LogP contribution >= 0.6 is 0 Å². The molecule has 5 heteroatoms. The Morgan fingerprint density at radius 3 is 2.82 bits per heavy atom. The molecule has 112 valence electrons. The third-order valence-corrected chi connectivity index (χ3v) is 4.38. The number of rotatable bonds is 2. The van der Waals surface area contributed by atoms with E-state index in [1.54, 1.807) is 6.07 Å². The summed E-state index contributed by atoms with van der Waals surface area (Å²) >= 11 is 0. The first-order valence-electron chi connectivity index (χ1n) is 7.76. The summed E-state index contributed by atoms with van der Waals surface area (Å²) in [5.74, 6) is 0. The Bertz CT molecular complexity index is 859. The van der Waals surface area contributed by atoms with Gasteiger partial charge in [-0.2, -0.15) is 0 Å². The first kappa shape index (κ1) is 13.2. The topological polar surface area (TPSA) is 60.9 Å². The highest BCUT2D eigenvalue weighted by atomic mass is 16.4. The molecule has 2 heterocycles. The minimum absolute atomic E-state index is 0.366. The van der Waals surface area contributed by atoms with Gasteiger partial charge in [0.2, 0.25) is 0 Å². The van der Waals surface area contributed by atoms with Crippen LogP contribution in [0.4, 0.5) is 0 Å². The molecule has 1 aliphatic carbocycles.